The number of ether oxygens (including phenoxy) is 1. The molecule has 0 saturated heterocycles. The first-order valence-corrected chi connectivity index (χ1v) is 13.8. The van der Waals surface area contributed by atoms with E-state index in [4.69, 9.17) is 18.2 Å². The van der Waals surface area contributed by atoms with Gasteiger partial charge in [-0.25, -0.2) is 0 Å². The summed E-state index contributed by atoms with van der Waals surface area (Å²) >= 11 is 0. The van der Waals surface area contributed by atoms with E-state index in [1.807, 2.05) is 0 Å². The number of hydrogen-bond donors (Lipinski definition) is 0. The van der Waals surface area contributed by atoms with Crippen molar-refractivity contribution in [3.05, 3.63) is 23.8 Å². The Hall–Kier alpha value is -1.14. The summed E-state index contributed by atoms with van der Waals surface area (Å²) in [6, 6.07) is 5.02. The average Bonchev–Trinajstić information content (AvgIpc) is 2.53. The van der Waals surface area contributed by atoms with Gasteiger partial charge in [-0.3, -0.25) is 9.36 Å². The first-order valence-electron chi connectivity index (χ1n) is 9.17. The summed E-state index contributed by atoms with van der Waals surface area (Å²) in [7, 11) is -3.96. The van der Waals surface area contributed by atoms with Crippen LogP contribution in [0.3, 0.4) is 0 Å². The molecule has 1 rings (SSSR count). The van der Waals surface area contributed by atoms with Gasteiger partial charge < -0.3 is 18.2 Å². The number of ketones is 1. The third kappa shape index (κ3) is 6.45. The van der Waals surface area contributed by atoms with Crippen LogP contribution in [-0.4, -0.2) is 40.6 Å². The lowest BCUT2D eigenvalue weighted by Gasteiger charge is -2.36. The Morgan fingerprint density at radius 2 is 1.63 bits per heavy atom. The monoisotopic (exact) mass is 416 g/mol. The summed E-state index contributed by atoms with van der Waals surface area (Å²) in [6.07, 6.45) is -0.305. The predicted octanol–water partition coefficient (Wildman–Crippen LogP) is 5.53. The smallest absolute Gasteiger partial charge is 0.338 e. The fraction of sp³-hybridized carbons (Fsp3) is 0.632. The summed E-state index contributed by atoms with van der Waals surface area (Å²) < 4.78 is 34.7. The zero-order chi connectivity index (χ0) is 20.9. The van der Waals surface area contributed by atoms with Gasteiger partial charge in [-0.05, 0) is 50.2 Å². The van der Waals surface area contributed by atoms with Crippen molar-refractivity contribution in [3.8, 4) is 11.5 Å². The molecule has 27 heavy (non-hydrogen) atoms. The Balaban J connectivity index is 3.09. The van der Waals surface area contributed by atoms with Crippen LogP contribution in [0, 0.1) is 0 Å². The van der Waals surface area contributed by atoms with Crippen molar-refractivity contribution in [1.29, 1.82) is 0 Å². The van der Waals surface area contributed by atoms with Gasteiger partial charge in [-0.15, -0.1) is 0 Å². The third-order valence-electron chi connectivity index (χ3n) is 4.65. The lowest BCUT2D eigenvalue weighted by molar-refractivity contribution is 0.100. The molecule has 6 nitrogen and oxygen atoms in total. The molecule has 0 radical (unpaired) electrons. The molecule has 0 heterocycles. The molecule has 0 saturated carbocycles. The molecular formula is C19H33O6PSi. The topological polar surface area (TPSA) is 71.1 Å². The zero-order valence-electron chi connectivity index (χ0n) is 17.8. The molecule has 0 N–H and O–H groups in total. The van der Waals surface area contributed by atoms with E-state index in [-0.39, 0.29) is 30.2 Å². The fourth-order valence-electron chi connectivity index (χ4n) is 2.14. The van der Waals surface area contributed by atoms with Crippen LogP contribution in [0.15, 0.2) is 18.2 Å². The molecule has 0 fully saturated rings. The van der Waals surface area contributed by atoms with Gasteiger partial charge in [-0.1, -0.05) is 20.8 Å². The van der Waals surface area contributed by atoms with E-state index in [1.54, 1.807) is 32.0 Å². The van der Waals surface area contributed by atoms with E-state index in [1.165, 1.54) is 7.11 Å². The molecule has 1 aromatic carbocycles. The van der Waals surface area contributed by atoms with Crippen molar-refractivity contribution in [2.75, 3.05) is 26.5 Å². The first kappa shape index (κ1) is 23.9. The normalized spacial score (nSPS) is 12.7. The van der Waals surface area contributed by atoms with Crippen LogP contribution >= 0.6 is 7.60 Å². The van der Waals surface area contributed by atoms with Crippen molar-refractivity contribution in [2.24, 2.45) is 0 Å². The van der Waals surface area contributed by atoms with E-state index in [9.17, 15) is 9.36 Å². The molecule has 0 amide bonds. The Morgan fingerprint density at radius 3 is 2.07 bits per heavy atom. The molecule has 0 bridgehead atoms. The number of carbonyl (C=O) groups is 1. The highest BCUT2D eigenvalue weighted by atomic mass is 31.2. The van der Waals surface area contributed by atoms with Gasteiger partial charge in [0.1, 0.15) is 11.9 Å². The van der Waals surface area contributed by atoms with Gasteiger partial charge in [0.25, 0.3) is 8.32 Å². The van der Waals surface area contributed by atoms with Gasteiger partial charge in [0.05, 0.1) is 20.3 Å². The number of rotatable bonds is 10. The minimum Gasteiger partial charge on any atom is -0.541 e. The minimum absolute atomic E-state index is 0.0358. The Bertz CT molecular complexity index is 686. The summed E-state index contributed by atoms with van der Waals surface area (Å²) in [5.74, 6) is 0.768. The predicted molar refractivity (Wildman–Crippen MR) is 111 cm³/mol. The van der Waals surface area contributed by atoms with Gasteiger partial charge in [-0.2, -0.15) is 0 Å². The maximum Gasteiger partial charge on any atom is 0.338 e. The summed E-state index contributed by atoms with van der Waals surface area (Å²) in [4.78, 5) is 12.6. The molecule has 0 spiro atoms. The van der Waals surface area contributed by atoms with Gasteiger partial charge in [0.2, 0.25) is 0 Å². The third-order valence-corrected chi connectivity index (χ3v) is 11.0. The van der Waals surface area contributed by atoms with Crippen LogP contribution in [0.2, 0.25) is 18.1 Å². The van der Waals surface area contributed by atoms with Crippen molar-refractivity contribution in [2.45, 2.75) is 52.8 Å². The molecular weight excluding hydrogens is 383 g/mol. The fourth-order valence-corrected chi connectivity index (χ4v) is 4.75. The Morgan fingerprint density at radius 1 is 1.07 bits per heavy atom. The van der Waals surface area contributed by atoms with Gasteiger partial charge in [0, 0.05) is 5.56 Å². The highest BCUT2D eigenvalue weighted by molar-refractivity contribution is 7.54. The summed E-state index contributed by atoms with van der Waals surface area (Å²) in [5.41, 5.74) is 0.383. The average molecular weight is 417 g/mol. The molecule has 0 aromatic heterocycles. The van der Waals surface area contributed by atoms with Crippen LogP contribution in [0.25, 0.3) is 0 Å². The molecule has 0 aliphatic carbocycles. The number of hydrogen-bond acceptors (Lipinski definition) is 6. The van der Waals surface area contributed by atoms with Crippen molar-refractivity contribution < 1.29 is 27.6 Å². The van der Waals surface area contributed by atoms with Crippen LogP contribution in [0.1, 0.15) is 45.0 Å². The second-order valence-corrected chi connectivity index (χ2v) is 14.5. The second kappa shape index (κ2) is 9.37. The maximum atomic E-state index is 12.6. The first-order chi connectivity index (χ1) is 12.4. The molecule has 1 aromatic rings. The molecule has 0 aliphatic heterocycles. The quantitative estimate of drug-likeness (QED) is 0.284. The van der Waals surface area contributed by atoms with E-state index in [0.717, 1.165) is 0 Å². The van der Waals surface area contributed by atoms with Crippen LogP contribution < -0.4 is 9.16 Å². The van der Waals surface area contributed by atoms with Crippen LogP contribution in [0.5, 0.6) is 11.5 Å². The van der Waals surface area contributed by atoms with E-state index in [0.29, 0.717) is 17.1 Å². The van der Waals surface area contributed by atoms with Crippen molar-refractivity contribution in [3.63, 3.8) is 0 Å². The number of carbonyl (C=O) groups excluding carboxylic acids is 1. The number of benzene rings is 1. The van der Waals surface area contributed by atoms with Crippen LogP contribution in [-0.2, 0) is 13.6 Å². The van der Waals surface area contributed by atoms with Crippen molar-refractivity contribution in [1.82, 2.24) is 0 Å². The highest BCUT2D eigenvalue weighted by Gasteiger charge is 2.39. The molecule has 0 unspecified atom stereocenters. The standard InChI is InChI=1S/C19H33O6PSi/c1-9-23-26(21,24-10-2)14-16(20)15-11-12-17(18(13-15)22-6)25-27(7,8)19(3,4)5/h11-13H,9-10,14H2,1-8H3. The van der Waals surface area contributed by atoms with E-state index in [2.05, 4.69) is 33.9 Å². The Kier molecular flexibility index (Phi) is 8.29. The minimum atomic E-state index is -3.45. The van der Waals surface area contributed by atoms with Crippen molar-refractivity contribution >= 4 is 21.7 Å². The second-order valence-electron chi connectivity index (χ2n) is 7.76. The largest absolute Gasteiger partial charge is 0.541 e. The lowest BCUT2D eigenvalue weighted by atomic mass is 10.1. The maximum absolute atomic E-state index is 12.6. The zero-order valence-corrected chi connectivity index (χ0v) is 19.6. The molecule has 154 valence electrons. The van der Waals surface area contributed by atoms with E-state index < -0.39 is 15.9 Å². The van der Waals surface area contributed by atoms with E-state index >= 15 is 0 Å². The SMILES string of the molecule is CCOP(=O)(CC(=O)c1ccc(O[Si](C)(C)C(C)(C)C)c(OC)c1)OCC. The summed E-state index contributed by atoms with van der Waals surface area (Å²) in [5, 5.41) is 0.0358. The molecule has 8 heteroatoms. The highest BCUT2D eigenvalue weighted by Crippen LogP contribution is 2.48. The number of Topliss-reactive ketones (excluding diaryl/α,β-unsaturated/α-hetero) is 1. The number of methoxy groups -OCH3 is 1. The lowest BCUT2D eigenvalue weighted by Crippen LogP contribution is -2.43. The van der Waals surface area contributed by atoms with Gasteiger partial charge in [0.15, 0.2) is 11.5 Å². The van der Waals surface area contributed by atoms with Gasteiger partial charge >= 0.3 is 7.60 Å². The molecule has 0 atom stereocenters. The Labute approximate surface area is 164 Å². The van der Waals surface area contributed by atoms with Crippen LogP contribution in [0.4, 0.5) is 0 Å². The summed E-state index contributed by atoms with van der Waals surface area (Å²) in [6.45, 7) is 14.6. The molecule has 0 aliphatic rings.